The van der Waals surface area contributed by atoms with E-state index in [1.165, 1.54) is 6.92 Å². The van der Waals surface area contributed by atoms with Crippen molar-refractivity contribution < 1.29 is 4.79 Å². The molecule has 1 N–H and O–H groups in total. The standard InChI is InChI=1S/C6H6S.C3H7NO/c7-6-4-2-1-3-5-6;1-3(5)4-2/h1-5,7H;1-2H3,(H,4,5). The van der Waals surface area contributed by atoms with Crippen LogP contribution in [0.15, 0.2) is 35.2 Å². The van der Waals surface area contributed by atoms with E-state index in [2.05, 4.69) is 17.9 Å². The van der Waals surface area contributed by atoms with E-state index in [0.29, 0.717) is 0 Å². The van der Waals surface area contributed by atoms with Gasteiger partial charge >= 0.3 is 0 Å². The summed E-state index contributed by atoms with van der Waals surface area (Å²) in [5.74, 6) is 0.00463. The Morgan fingerprint density at radius 3 is 1.92 bits per heavy atom. The highest BCUT2D eigenvalue weighted by atomic mass is 32.1. The Morgan fingerprint density at radius 2 is 1.75 bits per heavy atom. The Morgan fingerprint density at radius 1 is 1.33 bits per heavy atom. The number of benzene rings is 1. The first kappa shape index (κ1) is 11.0. The molecule has 1 aromatic rings. The molecule has 12 heavy (non-hydrogen) atoms. The van der Waals surface area contributed by atoms with Crippen molar-refractivity contribution in [1.29, 1.82) is 0 Å². The van der Waals surface area contributed by atoms with E-state index in [1.807, 2.05) is 30.3 Å². The molecule has 0 unspecified atom stereocenters. The summed E-state index contributed by atoms with van der Waals surface area (Å²) in [6.45, 7) is 1.47. The normalized spacial score (nSPS) is 7.92. The first-order valence-corrected chi connectivity index (χ1v) is 4.04. The van der Waals surface area contributed by atoms with Crippen LogP contribution in [0.25, 0.3) is 0 Å². The fourth-order valence-electron chi connectivity index (χ4n) is 0.428. The average Bonchev–Trinajstić information content (AvgIpc) is 2.07. The van der Waals surface area contributed by atoms with E-state index in [1.54, 1.807) is 7.05 Å². The number of amides is 1. The van der Waals surface area contributed by atoms with E-state index in [-0.39, 0.29) is 5.91 Å². The molecule has 0 aromatic heterocycles. The molecule has 1 aromatic carbocycles. The van der Waals surface area contributed by atoms with Gasteiger partial charge in [0, 0.05) is 18.9 Å². The first-order chi connectivity index (χ1) is 5.66. The SMILES string of the molecule is CNC(C)=O.Sc1ccccc1. The van der Waals surface area contributed by atoms with Crippen molar-refractivity contribution >= 4 is 18.5 Å². The van der Waals surface area contributed by atoms with Crippen LogP contribution in [-0.4, -0.2) is 13.0 Å². The summed E-state index contributed by atoms with van der Waals surface area (Å²) in [6.07, 6.45) is 0. The highest BCUT2D eigenvalue weighted by molar-refractivity contribution is 7.80. The first-order valence-electron chi connectivity index (χ1n) is 3.59. The van der Waals surface area contributed by atoms with Crippen LogP contribution in [0.5, 0.6) is 0 Å². The van der Waals surface area contributed by atoms with Crippen molar-refractivity contribution in [3.63, 3.8) is 0 Å². The quantitative estimate of drug-likeness (QED) is 0.589. The lowest BCUT2D eigenvalue weighted by atomic mass is 10.4. The molecule has 66 valence electrons. The van der Waals surface area contributed by atoms with Gasteiger partial charge < -0.3 is 5.32 Å². The molecule has 1 amide bonds. The summed E-state index contributed by atoms with van der Waals surface area (Å²) in [5.41, 5.74) is 0. The monoisotopic (exact) mass is 183 g/mol. The molecule has 1 rings (SSSR count). The average molecular weight is 183 g/mol. The maximum Gasteiger partial charge on any atom is 0.216 e. The van der Waals surface area contributed by atoms with Gasteiger partial charge in [-0.05, 0) is 12.1 Å². The fraction of sp³-hybridized carbons (Fsp3) is 0.222. The number of carbonyl (C=O) groups excluding carboxylic acids is 1. The van der Waals surface area contributed by atoms with E-state index in [0.717, 1.165) is 4.90 Å². The summed E-state index contributed by atoms with van der Waals surface area (Å²) in [5, 5.41) is 2.39. The second kappa shape index (κ2) is 6.73. The Bertz CT molecular complexity index is 223. The van der Waals surface area contributed by atoms with Crippen LogP contribution in [0, 0.1) is 0 Å². The van der Waals surface area contributed by atoms with Crippen LogP contribution >= 0.6 is 12.6 Å². The summed E-state index contributed by atoms with van der Waals surface area (Å²) < 4.78 is 0. The summed E-state index contributed by atoms with van der Waals surface area (Å²) in [6, 6.07) is 9.79. The summed E-state index contributed by atoms with van der Waals surface area (Å²) in [7, 11) is 1.60. The van der Waals surface area contributed by atoms with Crippen molar-refractivity contribution in [3.8, 4) is 0 Å². The molecule has 0 spiro atoms. The number of hydrogen-bond acceptors (Lipinski definition) is 2. The number of hydrogen-bond donors (Lipinski definition) is 2. The van der Waals surface area contributed by atoms with Crippen molar-refractivity contribution in [3.05, 3.63) is 30.3 Å². The van der Waals surface area contributed by atoms with Gasteiger partial charge in [0.25, 0.3) is 0 Å². The summed E-state index contributed by atoms with van der Waals surface area (Å²) >= 11 is 4.08. The fourth-order valence-corrected chi connectivity index (χ4v) is 0.600. The van der Waals surface area contributed by atoms with Crippen molar-refractivity contribution in [1.82, 2.24) is 5.32 Å². The molecule has 3 heteroatoms. The number of nitrogens with one attached hydrogen (secondary N) is 1. The van der Waals surface area contributed by atoms with Gasteiger partial charge in [0.05, 0.1) is 0 Å². The van der Waals surface area contributed by atoms with Crippen molar-refractivity contribution in [2.45, 2.75) is 11.8 Å². The maximum absolute atomic E-state index is 9.70. The van der Waals surface area contributed by atoms with Crippen LogP contribution in [0.4, 0.5) is 0 Å². The van der Waals surface area contributed by atoms with Crippen LogP contribution in [0.3, 0.4) is 0 Å². The zero-order valence-electron chi connectivity index (χ0n) is 7.24. The van der Waals surface area contributed by atoms with Gasteiger partial charge in [0.1, 0.15) is 0 Å². The molecule has 0 aliphatic carbocycles. The zero-order valence-corrected chi connectivity index (χ0v) is 8.14. The number of carbonyl (C=O) groups is 1. The molecular formula is C9H13NOS. The molecule has 0 bridgehead atoms. The largest absolute Gasteiger partial charge is 0.359 e. The zero-order chi connectivity index (χ0) is 9.40. The predicted octanol–water partition coefficient (Wildman–Crippen LogP) is 1.73. The van der Waals surface area contributed by atoms with Crippen LogP contribution in [-0.2, 0) is 4.79 Å². The number of thiol groups is 1. The second-order valence-corrected chi connectivity index (χ2v) is 2.66. The van der Waals surface area contributed by atoms with E-state index >= 15 is 0 Å². The molecule has 0 atom stereocenters. The van der Waals surface area contributed by atoms with Gasteiger partial charge in [-0.25, -0.2) is 0 Å². The summed E-state index contributed by atoms with van der Waals surface area (Å²) in [4.78, 5) is 10.7. The lowest BCUT2D eigenvalue weighted by Gasteiger charge is -1.81. The highest BCUT2D eigenvalue weighted by Gasteiger charge is 1.73. The topological polar surface area (TPSA) is 29.1 Å². The van der Waals surface area contributed by atoms with Crippen molar-refractivity contribution in [2.75, 3.05) is 7.05 Å². The Kier molecular flexibility index (Phi) is 6.19. The molecule has 0 saturated carbocycles. The third kappa shape index (κ3) is 7.15. The highest BCUT2D eigenvalue weighted by Crippen LogP contribution is 2.00. The maximum atomic E-state index is 9.70. The molecule has 0 aliphatic heterocycles. The third-order valence-corrected chi connectivity index (χ3v) is 1.41. The lowest BCUT2D eigenvalue weighted by molar-refractivity contribution is -0.118. The van der Waals surface area contributed by atoms with E-state index in [4.69, 9.17) is 0 Å². The van der Waals surface area contributed by atoms with E-state index in [9.17, 15) is 4.79 Å². The molecule has 0 saturated heterocycles. The minimum Gasteiger partial charge on any atom is -0.359 e. The van der Waals surface area contributed by atoms with Crippen LogP contribution in [0.2, 0.25) is 0 Å². The smallest absolute Gasteiger partial charge is 0.216 e. The van der Waals surface area contributed by atoms with Gasteiger partial charge in [-0.3, -0.25) is 4.79 Å². The van der Waals surface area contributed by atoms with Gasteiger partial charge in [-0.1, -0.05) is 18.2 Å². The Hall–Kier alpha value is -0.960. The molecule has 0 radical (unpaired) electrons. The molecule has 0 heterocycles. The van der Waals surface area contributed by atoms with Gasteiger partial charge in [0.15, 0.2) is 0 Å². The Balaban J connectivity index is 0.000000217. The second-order valence-electron chi connectivity index (χ2n) is 2.14. The minimum absolute atomic E-state index is 0.00463. The van der Waals surface area contributed by atoms with Crippen molar-refractivity contribution in [2.24, 2.45) is 0 Å². The molecule has 0 aliphatic rings. The van der Waals surface area contributed by atoms with Gasteiger partial charge in [-0.2, -0.15) is 0 Å². The molecule has 0 fully saturated rings. The predicted molar refractivity (Wildman–Crippen MR) is 53.4 cm³/mol. The van der Waals surface area contributed by atoms with Gasteiger partial charge in [-0.15, -0.1) is 12.6 Å². The molecule has 2 nitrogen and oxygen atoms in total. The Labute approximate surface area is 78.4 Å². The lowest BCUT2D eigenvalue weighted by Crippen LogP contribution is -2.11. The molecular weight excluding hydrogens is 170 g/mol. The number of rotatable bonds is 0. The van der Waals surface area contributed by atoms with E-state index < -0.39 is 0 Å². The van der Waals surface area contributed by atoms with Crippen LogP contribution in [0.1, 0.15) is 6.92 Å². The van der Waals surface area contributed by atoms with Gasteiger partial charge in [0.2, 0.25) is 5.91 Å². The third-order valence-electron chi connectivity index (χ3n) is 1.11. The van der Waals surface area contributed by atoms with Crippen LogP contribution < -0.4 is 5.32 Å². The minimum atomic E-state index is 0.00463.